The number of hydrogen-bond acceptors (Lipinski definition) is 4. The first kappa shape index (κ1) is 62.6. The Morgan fingerprint density at radius 1 is 0.146 bits per heavy atom. The molecular weight excluding hydrogens is 1160 g/mol. The van der Waals surface area contributed by atoms with Gasteiger partial charge in [-0.05, 0) is 193 Å². The van der Waals surface area contributed by atoms with Gasteiger partial charge in [-0.2, -0.15) is 0 Å². The van der Waals surface area contributed by atoms with E-state index in [9.17, 15) is 0 Å². The Morgan fingerprint density at radius 3 is 0.708 bits per heavy atom. The van der Waals surface area contributed by atoms with E-state index in [1.807, 2.05) is 12.1 Å². The summed E-state index contributed by atoms with van der Waals surface area (Å²) in [6.07, 6.45) is 0. The largest absolute Gasteiger partial charge is 0.311 e. The van der Waals surface area contributed by atoms with Gasteiger partial charge in [0.15, 0.2) is 0 Å². The molecule has 0 aromatic heterocycles. The molecule has 0 saturated carbocycles. The average Bonchev–Trinajstić information content (AvgIpc) is 0.819. The lowest BCUT2D eigenvalue weighted by atomic mass is 10.0. The van der Waals surface area contributed by atoms with E-state index in [-0.39, 0.29) is 0 Å². The molecule has 16 rings (SSSR count). The van der Waals surface area contributed by atoms with Crippen molar-refractivity contribution in [2.75, 3.05) is 19.6 Å². The van der Waals surface area contributed by atoms with Gasteiger partial charge in [-0.15, -0.1) is 0 Å². The monoisotopic (exact) mass is 1240 g/mol. The standard InChI is InChI=1S/C27H21N.2C23H19N.C19H17N/c1-20-13-16-24(17-14-20)28(25-18-15-21-7-2-3-9-23(21)19-25)27-12-6-10-22-8-4-5-11-26(22)27;1-18-14-16-21(17-15-18)24(20-10-3-2-4-11-20)23-13-7-9-19-8-5-6-12-22(19)23;1-18-11-14-22(15-12-18)24(21-9-3-2-4-10-21)23-16-13-19-7-5-6-8-20(19)17-23;1-16-12-14-19(15-13-16)20(17-8-4-2-5-9-17)18-10-6-3-7-11-18/h2-19H,1H3;2*2-17H,1H3;2-15H,1H3. The zero-order valence-corrected chi connectivity index (χ0v) is 54.7. The Kier molecular flexibility index (Phi) is 19.6. The third kappa shape index (κ3) is 14.8. The SMILES string of the molecule is Cc1ccc(N(c2ccc3ccccc3c2)c2cccc3ccccc23)cc1.Cc1ccc(N(c2ccccc2)c2ccc3ccccc3c2)cc1.Cc1ccc(N(c2ccccc2)c2cccc3ccccc23)cc1.Cc1ccc(N(c2ccccc2)c2ccccc2)cc1. The van der Waals surface area contributed by atoms with Gasteiger partial charge in [-0.3, -0.25) is 0 Å². The molecule has 0 fully saturated rings. The summed E-state index contributed by atoms with van der Waals surface area (Å²) in [5, 5.41) is 10.0. The van der Waals surface area contributed by atoms with E-state index in [0.717, 1.165) is 17.1 Å². The maximum atomic E-state index is 2.36. The second kappa shape index (κ2) is 30.0. The van der Waals surface area contributed by atoms with Crippen LogP contribution in [0.15, 0.2) is 388 Å². The molecular formula is C92H76N4. The van der Waals surface area contributed by atoms with Crippen LogP contribution in [0.3, 0.4) is 0 Å². The summed E-state index contributed by atoms with van der Waals surface area (Å²) in [6.45, 7) is 8.47. The third-order valence-electron chi connectivity index (χ3n) is 17.2. The summed E-state index contributed by atoms with van der Waals surface area (Å²) >= 11 is 0. The molecule has 464 valence electrons. The van der Waals surface area contributed by atoms with E-state index in [1.54, 1.807) is 0 Å². The van der Waals surface area contributed by atoms with E-state index in [1.165, 1.54) is 117 Å². The summed E-state index contributed by atoms with van der Waals surface area (Å²) in [5.41, 5.74) is 19.1. The van der Waals surface area contributed by atoms with Crippen LogP contribution in [0, 0.1) is 27.7 Å². The highest BCUT2D eigenvalue weighted by atomic mass is 15.2. The normalized spacial score (nSPS) is 10.7. The minimum absolute atomic E-state index is 1.16. The Bertz CT molecular complexity index is 5080. The number of para-hydroxylation sites is 4. The van der Waals surface area contributed by atoms with Crippen molar-refractivity contribution in [3.8, 4) is 0 Å². The number of benzene rings is 16. The van der Waals surface area contributed by atoms with Crippen LogP contribution in [-0.4, -0.2) is 0 Å². The van der Waals surface area contributed by atoms with Gasteiger partial charge in [0.2, 0.25) is 0 Å². The molecule has 0 atom stereocenters. The molecule has 4 heteroatoms. The Morgan fingerprint density at radius 2 is 0.365 bits per heavy atom. The minimum Gasteiger partial charge on any atom is -0.311 e. The van der Waals surface area contributed by atoms with Crippen LogP contribution >= 0.6 is 0 Å². The molecule has 4 nitrogen and oxygen atoms in total. The van der Waals surface area contributed by atoms with Crippen LogP contribution in [-0.2, 0) is 0 Å². The molecule has 0 spiro atoms. The van der Waals surface area contributed by atoms with Gasteiger partial charge in [0, 0.05) is 67.6 Å². The number of fused-ring (bicyclic) bond motifs is 4. The summed E-state index contributed by atoms with van der Waals surface area (Å²) in [7, 11) is 0. The van der Waals surface area contributed by atoms with Crippen LogP contribution < -0.4 is 19.6 Å². The Labute approximate surface area is 565 Å². The molecule has 0 bridgehead atoms. The number of anilines is 12. The lowest BCUT2D eigenvalue weighted by molar-refractivity contribution is 1.27. The van der Waals surface area contributed by atoms with Crippen LogP contribution in [0.2, 0.25) is 0 Å². The molecule has 0 heterocycles. The molecule has 0 aliphatic carbocycles. The van der Waals surface area contributed by atoms with Gasteiger partial charge in [-0.25, -0.2) is 0 Å². The van der Waals surface area contributed by atoms with Gasteiger partial charge in [-0.1, -0.05) is 277 Å². The quantitative estimate of drug-likeness (QED) is 0.121. The molecule has 0 aliphatic heterocycles. The van der Waals surface area contributed by atoms with E-state index in [4.69, 9.17) is 0 Å². The molecule has 0 unspecified atom stereocenters. The molecule has 0 N–H and O–H groups in total. The highest BCUT2D eigenvalue weighted by molar-refractivity contribution is 6.01. The van der Waals surface area contributed by atoms with Gasteiger partial charge < -0.3 is 19.6 Å². The van der Waals surface area contributed by atoms with Gasteiger partial charge in [0.25, 0.3) is 0 Å². The first-order chi connectivity index (χ1) is 47.3. The van der Waals surface area contributed by atoms with Crippen molar-refractivity contribution in [3.05, 3.63) is 411 Å². The smallest absolute Gasteiger partial charge is 0.0540 e. The van der Waals surface area contributed by atoms with Crippen LogP contribution in [0.5, 0.6) is 0 Å². The predicted octanol–water partition coefficient (Wildman–Crippen LogP) is 26.5. The maximum absolute atomic E-state index is 2.36. The van der Waals surface area contributed by atoms with Crippen molar-refractivity contribution in [1.29, 1.82) is 0 Å². The minimum atomic E-state index is 1.16. The van der Waals surface area contributed by atoms with E-state index < -0.39 is 0 Å². The molecule has 16 aromatic rings. The number of rotatable bonds is 12. The van der Waals surface area contributed by atoms with Crippen molar-refractivity contribution in [3.63, 3.8) is 0 Å². The topological polar surface area (TPSA) is 13.0 Å². The first-order valence-corrected chi connectivity index (χ1v) is 32.9. The number of hydrogen-bond donors (Lipinski definition) is 0. The zero-order valence-electron chi connectivity index (χ0n) is 54.7. The van der Waals surface area contributed by atoms with E-state index in [2.05, 4.69) is 423 Å². The van der Waals surface area contributed by atoms with E-state index >= 15 is 0 Å². The maximum Gasteiger partial charge on any atom is 0.0540 e. The second-order valence-electron chi connectivity index (χ2n) is 24.1. The molecule has 0 amide bonds. The molecule has 0 radical (unpaired) electrons. The molecule has 16 aromatic carbocycles. The number of aryl methyl sites for hydroxylation is 4. The van der Waals surface area contributed by atoms with E-state index in [0.29, 0.717) is 0 Å². The van der Waals surface area contributed by atoms with Crippen molar-refractivity contribution in [1.82, 2.24) is 0 Å². The molecule has 96 heavy (non-hydrogen) atoms. The second-order valence-corrected chi connectivity index (χ2v) is 24.1. The average molecular weight is 1240 g/mol. The van der Waals surface area contributed by atoms with Crippen molar-refractivity contribution < 1.29 is 0 Å². The summed E-state index contributed by atoms with van der Waals surface area (Å²) in [5.74, 6) is 0. The lowest BCUT2D eigenvalue weighted by Crippen LogP contribution is -2.10. The van der Waals surface area contributed by atoms with Crippen LogP contribution in [0.4, 0.5) is 68.2 Å². The number of nitrogens with zero attached hydrogens (tertiary/aromatic N) is 4. The first-order valence-electron chi connectivity index (χ1n) is 32.9. The van der Waals surface area contributed by atoms with Crippen molar-refractivity contribution >= 4 is 111 Å². The fourth-order valence-electron chi connectivity index (χ4n) is 12.3. The molecule has 0 saturated heterocycles. The fraction of sp³-hybridized carbons (Fsp3) is 0.0435. The summed E-state index contributed by atoms with van der Waals surface area (Å²) < 4.78 is 0. The van der Waals surface area contributed by atoms with Crippen molar-refractivity contribution in [2.24, 2.45) is 0 Å². The summed E-state index contributed by atoms with van der Waals surface area (Å²) in [6, 6.07) is 137. The highest BCUT2D eigenvalue weighted by Gasteiger charge is 2.18. The fourth-order valence-corrected chi connectivity index (χ4v) is 12.3. The van der Waals surface area contributed by atoms with Gasteiger partial charge >= 0.3 is 0 Å². The third-order valence-corrected chi connectivity index (χ3v) is 17.2. The van der Waals surface area contributed by atoms with Gasteiger partial charge in [0.05, 0.1) is 11.4 Å². The Balaban J connectivity index is 0.000000116. The predicted molar refractivity (Wildman–Crippen MR) is 413 cm³/mol. The molecule has 0 aliphatic rings. The summed E-state index contributed by atoms with van der Waals surface area (Å²) in [4.78, 5) is 9.24. The highest BCUT2D eigenvalue weighted by Crippen LogP contribution is 2.42. The lowest BCUT2D eigenvalue weighted by Gasteiger charge is -2.27. The van der Waals surface area contributed by atoms with Crippen LogP contribution in [0.25, 0.3) is 43.1 Å². The van der Waals surface area contributed by atoms with Crippen LogP contribution in [0.1, 0.15) is 22.3 Å². The Hall–Kier alpha value is -12.2. The zero-order chi connectivity index (χ0) is 65.4. The van der Waals surface area contributed by atoms with Gasteiger partial charge in [0.1, 0.15) is 0 Å². The van der Waals surface area contributed by atoms with Crippen molar-refractivity contribution in [2.45, 2.75) is 27.7 Å².